The molecule has 0 N–H and O–H groups in total. The van der Waals surface area contributed by atoms with Crippen LogP contribution in [-0.2, 0) is 11.9 Å². The quantitative estimate of drug-likeness (QED) is 0.571. The smallest absolute Gasteiger partial charge is 0.124 e. The minimum Gasteiger partial charge on any atom is -0.489 e. The van der Waals surface area contributed by atoms with Crippen LogP contribution in [0.5, 0.6) is 5.75 Å². The van der Waals surface area contributed by atoms with Gasteiger partial charge in [-0.1, -0.05) is 58.4 Å². The zero-order chi connectivity index (χ0) is 14.7. The van der Waals surface area contributed by atoms with Crippen LogP contribution < -0.4 is 4.74 Å². The lowest BCUT2D eigenvalue weighted by Crippen LogP contribution is -1.99. The molecule has 1 nitrogen and oxygen atoms in total. The summed E-state index contributed by atoms with van der Waals surface area (Å²) in [6, 6.07) is 18.7. The Kier molecular flexibility index (Phi) is 4.20. The lowest BCUT2D eigenvalue weighted by molar-refractivity contribution is 0.304. The maximum Gasteiger partial charge on any atom is 0.124 e. The number of hydrogen-bond donors (Lipinski definition) is 0. The van der Waals surface area contributed by atoms with Gasteiger partial charge in [-0.2, -0.15) is 0 Å². The summed E-state index contributed by atoms with van der Waals surface area (Å²) >= 11 is 3.53. The van der Waals surface area contributed by atoms with Crippen molar-refractivity contribution in [1.82, 2.24) is 0 Å². The largest absolute Gasteiger partial charge is 0.489 e. The van der Waals surface area contributed by atoms with Gasteiger partial charge in [0.15, 0.2) is 0 Å². The summed E-state index contributed by atoms with van der Waals surface area (Å²) in [5.74, 6) is 0.588. The van der Waals surface area contributed by atoms with Crippen LogP contribution in [0, 0.1) is 5.82 Å². The van der Waals surface area contributed by atoms with E-state index in [0.29, 0.717) is 11.9 Å². The van der Waals surface area contributed by atoms with Gasteiger partial charge in [-0.15, -0.1) is 0 Å². The molecule has 106 valence electrons. The van der Waals surface area contributed by atoms with Crippen molar-refractivity contribution in [1.29, 1.82) is 0 Å². The highest BCUT2D eigenvalue weighted by Crippen LogP contribution is 2.30. The minimum atomic E-state index is -0.240. The Labute approximate surface area is 131 Å². The van der Waals surface area contributed by atoms with Gasteiger partial charge in [-0.25, -0.2) is 4.39 Å². The van der Waals surface area contributed by atoms with E-state index in [4.69, 9.17) is 4.74 Å². The Morgan fingerprint density at radius 2 is 1.81 bits per heavy atom. The van der Waals surface area contributed by atoms with E-state index < -0.39 is 0 Å². The molecule has 3 rings (SSSR count). The Bertz CT molecular complexity index is 770. The van der Waals surface area contributed by atoms with Gasteiger partial charge in [0.2, 0.25) is 0 Å². The maximum absolute atomic E-state index is 13.2. The first-order valence-corrected chi connectivity index (χ1v) is 7.84. The third-order valence-corrected chi connectivity index (χ3v) is 3.98. The number of rotatable bonds is 4. The monoisotopic (exact) mass is 344 g/mol. The van der Waals surface area contributed by atoms with Gasteiger partial charge >= 0.3 is 0 Å². The number of fused-ring (bicyclic) bond motifs is 1. The topological polar surface area (TPSA) is 9.23 Å². The molecule has 0 bridgehead atoms. The van der Waals surface area contributed by atoms with Crippen molar-refractivity contribution in [2.45, 2.75) is 11.9 Å². The van der Waals surface area contributed by atoms with Crippen LogP contribution in [0.2, 0.25) is 0 Å². The van der Waals surface area contributed by atoms with Gasteiger partial charge in [0, 0.05) is 10.9 Å². The van der Waals surface area contributed by atoms with Crippen LogP contribution in [0.25, 0.3) is 10.8 Å². The zero-order valence-corrected chi connectivity index (χ0v) is 12.9. The molecule has 0 radical (unpaired) electrons. The first-order chi connectivity index (χ1) is 10.3. The minimum absolute atomic E-state index is 0.240. The van der Waals surface area contributed by atoms with Crippen LogP contribution in [-0.4, -0.2) is 0 Å². The second-order valence-electron chi connectivity index (χ2n) is 4.82. The fourth-order valence-electron chi connectivity index (χ4n) is 2.38. The zero-order valence-electron chi connectivity index (χ0n) is 11.4. The average Bonchev–Trinajstić information content (AvgIpc) is 2.52. The molecule has 0 unspecified atom stereocenters. The lowest BCUT2D eigenvalue weighted by Gasteiger charge is -2.13. The summed E-state index contributed by atoms with van der Waals surface area (Å²) in [5, 5.41) is 3.07. The summed E-state index contributed by atoms with van der Waals surface area (Å²) in [4.78, 5) is 0. The highest BCUT2D eigenvalue weighted by atomic mass is 79.9. The highest BCUT2D eigenvalue weighted by Gasteiger charge is 2.08. The van der Waals surface area contributed by atoms with Crippen molar-refractivity contribution in [3.8, 4) is 5.75 Å². The first-order valence-electron chi connectivity index (χ1n) is 6.72. The number of benzene rings is 3. The van der Waals surface area contributed by atoms with Gasteiger partial charge < -0.3 is 4.74 Å². The van der Waals surface area contributed by atoms with E-state index in [9.17, 15) is 4.39 Å². The van der Waals surface area contributed by atoms with E-state index in [1.54, 1.807) is 6.07 Å². The van der Waals surface area contributed by atoms with E-state index >= 15 is 0 Å². The average molecular weight is 345 g/mol. The molecule has 0 aliphatic carbocycles. The van der Waals surface area contributed by atoms with E-state index in [1.807, 2.05) is 30.3 Å². The molecule has 0 aromatic heterocycles. The Balaban J connectivity index is 1.90. The first kappa shape index (κ1) is 14.1. The number of ether oxygens (including phenoxy) is 1. The molecule has 3 heteroatoms. The Morgan fingerprint density at radius 1 is 0.952 bits per heavy atom. The third kappa shape index (κ3) is 3.08. The molecule has 0 atom stereocenters. The van der Waals surface area contributed by atoms with Crippen molar-refractivity contribution in [3.05, 3.63) is 77.6 Å². The Hall–Kier alpha value is -1.87. The van der Waals surface area contributed by atoms with Gasteiger partial charge in [0.1, 0.15) is 18.2 Å². The van der Waals surface area contributed by atoms with Crippen molar-refractivity contribution >= 4 is 26.7 Å². The molecule has 0 aliphatic heterocycles. The van der Waals surface area contributed by atoms with Crippen molar-refractivity contribution in [3.63, 3.8) is 0 Å². The van der Waals surface area contributed by atoms with Crippen molar-refractivity contribution in [2.24, 2.45) is 0 Å². The SMILES string of the molecule is Fc1cccc(COc2ccc3ccccc3c2CBr)c1. The van der Waals surface area contributed by atoms with Crippen molar-refractivity contribution < 1.29 is 9.13 Å². The predicted molar refractivity (Wildman–Crippen MR) is 87.3 cm³/mol. The summed E-state index contributed by atoms with van der Waals surface area (Å²) in [6.07, 6.45) is 0. The standard InChI is InChI=1S/C18H14BrFO/c19-11-17-16-7-2-1-5-14(16)8-9-18(17)21-12-13-4-3-6-15(20)10-13/h1-10H,11-12H2. The second-order valence-corrected chi connectivity index (χ2v) is 5.38. The second kappa shape index (κ2) is 6.27. The van der Waals surface area contributed by atoms with Crippen LogP contribution in [0.4, 0.5) is 4.39 Å². The third-order valence-electron chi connectivity index (χ3n) is 3.41. The van der Waals surface area contributed by atoms with Gasteiger partial charge in [0.05, 0.1) is 0 Å². The van der Waals surface area contributed by atoms with E-state index in [1.165, 1.54) is 22.9 Å². The maximum atomic E-state index is 13.2. The van der Waals surface area contributed by atoms with Gasteiger partial charge in [-0.3, -0.25) is 0 Å². The summed E-state index contributed by atoms with van der Waals surface area (Å²) < 4.78 is 19.1. The lowest BCUT2D eigenvalue weighted by atomic mass is 10.0. The molecule has 0 saturated carbocycles. The molecule has 0 amide bonds. The van der Waals surface area contributed by atoms with Gasteiger partial charge in [0.25, 0.3) is 0 Å². The number of alkyl halides is 1. The highest BCUT2D eigenvalue weighted by molar-refractivity contribution is 9.08. The van der Waals surface area contributed by atoms with Crippen LogP contribution in [0.3, 0.4) is 0 Å². The number of halogens is 2. The number of hydrogen-bond acceptors (Lipinski definition) is 1. The summed E-state index contributed by atoms with van der Waals surface area (Å²) in [7, 11) is 0. The molecule has 21 heavy (non-hydrogen) atoms. The molecule has 0 saturated heterocycles. The van der Waals surface area contributed by atoms with Crippen LogP contribution in [0.1, 0.15) is 11.1 Å². The molecule has 0 heterocycles. The van der Waals surface area contributed by atoms with Crippen molar-refractivity contribution in [2.75, 3.05) is 0 Å². The molecule has 3 aromatic rings. The summed E-state index contributed by atoms with van der Waals surface area (Å²) in [5.41, 5.74) is 1.94. The van der Waals surface area contributed by atoms with Crippen LogP contribution in [0.15, 0.2) is 60.7 Å². The molecule has 0 spiro atoms. The fraction of sp³-hybridized carbons (Fsp3) is 0.111. The van der Waals surface area contributed by atoms with E-state index in [-0.39, 0.29) is 5.82 Å². The van der Waals surface area contributed by atoms with Gasteiger partial charge in [-0.05, 0) is 34.5 Å². The molecular weight excluding hydrogens is 331 g/mol. The molecular formula is C18H14BrFO. The molecule has 0 aliphatic rings. The molecule has 3 aromatic carbocycles. The Morgan fingerprint density at radius 3 is 2.62 bits per heavy atom. The molecule has 0 fully saturated rings. The van der Waals surface area contributed by atoms with E-state index in [0.717, 1.165) is 16.9 Å². The van der Waals surface area contributed by atoms with E-state index in [2.05, 4.69) is 28.1 Å². The normalized spacial score (nSPS) is 10.8. The fourth-order valence-corrected chi connectivity index (χ4v) is 2.96. The predicted octanol–water partition coefficient (Wildman–Crippen LogP) is 5.45. The summed E-state index contributed by atoms with van der Waals surface area (Å²) in [6.45, 7) is 0.357. The van der Waals surface area contributed by atoms with Crippen LogP contribution >= 0.6 is 15.9 Å².